The summed E-state index contributed by atoms with van der Waals surface area (Å²) < 4.78 is 6.10. The van der Waals surface area contributed by atoms with Crippen LogP contribution in [0.3, 0.4) is 0 Å². The van der Waals surface area contributed by atoms with E-state index in [0.29, 0.717) is 25.4 Å². The van der Waals surface area contributed by atoms with Gasteiger partial charge in [0.1, 0.15) is 6.10 Å². The van der Waals surface area contributed by atoms with Gasteiger partial charge in [-0.05, 0) is 49.7 Å². The average molecular weight is 388 g/mol. The number of likely N-dealkylation sites (tertiary alicyclic amines) is 1. The minimum Gasteiger partial charge on any atom is -0.474 e. The summed E-state index contributed by atoms with van der Waals surface area (Å²) in [5, 5.41) is 6.76. The molecule has 28 heavy (non-hydrogen) atoms. The maximum atomic E-state index is 11.6. The zero-order chi connectivity index (χ0) is 19.9. The molecule has 3 rings (SSSR count). The molecular weight excluding hydrogens is 354 g/mol. The third-order valence-corrected chi connectivity index (χ3v) is 5.70. The van der Waals surface area contributed by atoms with E-state index in [1.807, 2.05) is 19.2 Å². The highest BCUT2D eigenvalue weighted by atomic mass is 16.5. The fourth-order valence-corrected chi connectivity index (χ4v) is 3.85. The first-order valence-corrected chi connectivity index (χ1v) is 10.4. The molecule has 7 nitrogen and oxygen atoms in total. The molecule has 2 heterocycles. The second-order valence-corrected chi connectivity index (χ2v) is 8.08. The van der Waals surface area contributed by atoms with Gasteiger partial charge in [-0.2, -0.15) is 0 Å². The van der Waals surface area contributed by atoms with Gasteiger partial charge < -0.3 is 20.3 Å². The Balaban J connectivity index is 1.48. The zero-order valence-electron chi connectivity index (χ0n) is 17.3. The van der Waals surface area contributed by atoms with E-state index in [9.17, 15) is 4.79 Å². The molecule has 1 aliphatic carbocycles. The van der Waals surface area contributed by atoms with Crippen molar-refractivity contribution < 1.29 is 9.53 Å². The fourth-order valence-electron chi connectivity index (χ4n) is 3.85. The molecule has 1 saturated heterocycles. The number of carbonyl (C=O) groups excluding carboxylic acids is 1. The van der Waals surface area contributed by atoms with E-state index in [4.69, 9.17) is 4.74 Å². The number of aromatic nitrogens is 1. The Morgan fingerprint density at radius 1 is 1.32 bits per heavy atom. The topological polar surface area (TPSA) is 78.9 Å². The molecule has 1 atom stereocenters. The number of nitrogens with one attached hydrogen (secondary N) is 2. The lowest BCUT2D eigenvalue weighted by molar-refractivity contribution is -0.132. The molecule has 154 valence electrons. The molecule has 1 amide bonds. The van der Waals surface area contributed by atoms with E-state index in [2.05, 4.69) is 27.5 Å². The maximum Gasteiger partial charge on any atom is 0.222 e. The number of piperidine rings is 1. The number of rotatable bonds is 5. The first-order valence-electron chi connectivity index (χ1n) is 10.4. The monoisotopic (exact) mass is 387 g/mol. The van der Waals surface area contributed by atoms with Crippen LogP contribution in [0.5, 0.6) is 5.88 Å². The van der Waals surface area contributed by atoms with Gasteiger partial charge in [-0.15, -0.1) is 0 Å². The molecule has 1 aliphatic heterocycles. The molecule has 0 radical (unpaired) electrons. The highest BCUT2D eigenvalue weighted by Crippen LogP contribution is 2.26. The average Bonchev–Trinajstić information content (AvgIpc) is 2.70. The third kappa shape index (κ3) is 5.84. The molecule has 1 aromatic heterocycles. The van der Waals surface area contributed by atoms with Crippen molar-refractivity contribution in [1.29, 1.82) is 0 Å². The molecular formula is C21H33N5O2. The van der Waals surface area contributed by atoms with Gasteiger partial charge in [-0.25, -0.2) is 4.98 Å². The Hall–Kier alpha value is -2.31. The summed E-state index contributed by atoms with van der Waals surface area (Å²) in [7, 11) is 3.61. The van der Waals surface area contributed by atoms with Gasteiger partial charge in [0.15, 0.2) is 5.96 Å². The highest BCUT2D eigenvalue weighted by molar-refractivity contribution is 5.81. The van der Waals surface area contributed by atoms with E-state index < -0.39 is 0 Å². The number of guanidine groups is 1. The summed E-state index contributed by atoms with van der Waals surface area (Å²) in [6, 6.07) is 4.22. The first-order chi connectivity index (χ1) is 13.5. The van der Waals surface area contributed by atoms with Gasteiger partial charge in [-0.1, -0.05) is 6.92 Å². The molecule has 0 aromatic carbocycles. The highest BCUT2D eigenvalue weighted by Gasteiger charge is 2.23. The number of hydrogen-bond acceptors (Lipinski definition) is 4. The number of carbonyl (C=O) groups is 1. The van der Waals surface area contributed by atoms with Crippen LogP contribution in [0.4, 0.5) is 0 Å². The second-order valence-electron chi connectivity index (χ2n) is 8.08. The van der Waals surface area contributed by atoms with Crippen molar-refractivity contribution >= 4 is 11.9 Å². The molecule has 1 unspecified atom stereocenters. The van der Waals surface area contributed by atoms with Crippen molar-refractivity contribution in [3.63, 3.8) is 0 Å². The normalized spacial score (nSPS) is 26.1. The Morgan fingerprint density at radius 2 is 2.11 bits per heavy atom. The van der Waals surface area contributed by atoms with Crippen LogP contribution in [0.2, 0.25) is 0 Å². The van der Waals surface area contributed by atoms with E-state index >= 15 is 0 Å². The molecule has 0 spiro atoms. The Kier molecular flexibility index (Phi) is 7.12. The van der Waals surface area contributed by atoms with Gasteiger partial charge >= 0.3 is 0 Å². The van der Waals surface area contributed by atoms with Crippen molar-refractivity contribution in [3.05, 3.63) is 23.9 Å². The lowest BCUT2D eigenvalue weighted by atomic mass is 9.89. The van der Waals surface area contributed by atoms with Crippen LogP contribution in [-0.2, 0) is 11.3 Å². The SMILES string of the molecule is CN=C(NCc1ccnc(OC2CCC(C)CC2)c1)NC1CCC(=O)N(C)C1. The summed E-state index contributed by atoms with van der Waals surface area (Å²) >= 11 is 0. The summed E-state index contributed by atoms with van der Waals surface area (Å²) in [6.07, 6.45) is 8.18. The van der Waals surface area contributed by atoms with Crippen molar-refractivity contribution in [2.75, 3.05) is 20.6 Å². The largest absolute Gasteiger partial charge is 0.474 e. The maximum absolute atomic E-state index is 11.6. The van der Waals surface area contributed by atoms with Crippen molar-refractivity contribution in [3.8, 4) is 5.88 Å². The number of aliphatic imine (C=N–C) groups is 1. The number of nitrogens with zero attached hydrogens (tertiary/aromatic N) is 3. The number of likely N-dealkylation sites (N-methyl/N-ethyl adjacent to an activating group) is 1. The summed E-state index contributed by atoms with van der Waals surface area (Å²) in [5.74, 6) is 2.46. The number of ether oxygens (including phenoxy) is 1. The minimum absolute atomic E-state index is 0.206. The summed E-state index contributed by atoms with van der Waals surface area (Å²) in [4.78, 5) is 22.1. The summed E-state index contributed by atoms with van der Waals surface area (Å²) in [6.45, 7) is 3.65. The fraction of sp³-hybridized carbons (Fsp3) is 0.667. The molecule has 2 fully saturated rings. The van der Waals surface area contributed by atoms with Crippen LogP contribution in [-0.4, -0.2) is 54.5 Å². The lowest BCUT2D eigenvalue weighted by Crippen LogP contribution is -2.51. The molecule has 2 aliphatic rings. The summed E-state index contributed by atoms with van der Waals surface area (Å²) in [5.41, 5.74) is 1.10. The van der Waals surface area contributed by atoms with Crippen molar-refractivity contribution in [1.82, 2.24) is 20.5 Å². The van der Waals surface area contributed by atoms with Crippen LogP contribution < -0.4 is 15.4 Å². The van der Waals surface area contributed by atoms with Crippen molar-refractivity contribution in [2.45, 2.75) is 64.1 Å². The van der Waals surface area contributed by atoms with Crippen LogP contribution in [0.25, 0.3) is 0 Å². The van der Waals surface area contributed by atoms with Crippen LogP contribution in [0.15, 0.2) is 23.3 Å². The molecule has 2 N–H and O–H groups in total. The zero-order valence-corrected chi connectivity index (χ0v) is 17.3. The number of hydrogen-bond donors (Lipinski definition) is 2. The van der Waals surface area contributed by atoms with Gasteiger partial charge in [0.05, 0.1) is 0 Å². The molecule has 1 saturated carbocycles. The smallest absolute Gasteiger partial charge is 0.222 e. The minimum atomic E-state index is 0.206. The van der Waals surface area contributed by atoms with Gasteiger partial charge in [0.2, 0.25) is 11.8 Å². The predicted octanol–water partition coefficient (Wildman–Crippen LogP) is 2.32. The Bertz CT molecular complexity index is 685. The lowest BCUT2D eigenvalue weighted by Gasteiger charge is -2.31. The molecule has 7 heteroatoms. The first kappa shape index (κ1) is 20.4. The van der Waals surface area contributed by atoms with E-state index in [-0.39, 0.29) is 18.1 Å². The van der Waals surface area contributed by atoms with Crippen molar-refractivity contribution in [2.24, 2.45) is 10.9 Å². The quantitative estimate of drug-likeness (QED) is 0.599. The second kappa shape index (κ2) is 9.75. The standard InChI is InChI=1S/C21H33N5O2/c1-15-4-7-18(8-5-15)28-19-12-16(10-11-23-19)13-24-21(22-2)25-17-6-9-20(27)26(3)14-17/h10-12,15,17-18H,4-9,13-14H2,1-3H3,(H2,22,24,25). The number of pyridine rings is 1. The van der Waals surface area contributed by atoms with E-state index in [1.54, 1.807) is 18.1 Å². The Morgan fingerprint density at radius 3 is 2.82 bits per heavy atom. The van der Waals surface area contributed by atoms with Crippen LogP contribution >= 0.6 is 0 Å². The van der Waals surface area contributed by atoms with Gasteiger partial charge in [-0.3, -0.25) is 9.79 Å². The van der Waals surface area contributed by atoms with E-state index in [1.165, 1.54) is 12.8 Å². The van der Waals surface area contributed by atoms with Gasteiger partial charge in [0.25, 0.3) is 0 Å². The molecule has 1 aromatic rings. The van der Waals surface area contributed by atoms with Crippen LogP contribution in [0.1, 0.15) is 51.0 Å². The number of amides is 1. The van der Waals surface area contributed by atoms with E-state index in [0.717, 1.165) is 36.7 Å². The van der Waals surface area contributed by atoms with Gasteiger partial charge in [0, 0.05) is 51.9 Å². The Labute approximate surface area is 168 Å². The third-order valence-electron chi connectivity index (χ3n) is 5.70. The predicted molar refractivity (Wildman–Crippen MR) is 110 cm³/mol. The molecule has 0 bridgehead atoms. The van der Waals surface area contributed by atoms with Crippen LogP contribution in [0, 0.1) is 5.92 Å².